The molecule has 0 unspecified atom stereocenters. The number of rotatable bonds is 2. The van der Waals surface area contributed by atoms with Crippen molar-refractivity contribution in [1.82, 2.24) is 0 Å². The Labute approximate surface area is 90.8 Å². The molecule has 0 aliphatic carbocycles. The molecule has 0 aliphatic heterocycles. The van der Waals surface area contributed by atoms with Gasteiger partial charge in [-0.2, -0.15) is 5.26 Å². The molecule has 0 radical (unpaired) electrons. The van der Waals surface area contributed by atoms with Crippen molar-refractivity contribution in [1.29, 1.82) is 5.26 Å². The first kappa shape index (κ1) is 12.1. The largest absolute Gasteiger partial charge is 0.397 e. The summed E-state index contributed by atoms with van der Waals surface area (Å²) in [5.41, 5.74) is 4.68. The molecule has 1 rings (SSSR count). The highest BCUT2D eigenvalue weighted by atomic mass is 19.1. The van der Waals surface area contributed by atoms with E-state index in [1.54, 1.807) is 13.0 Å². The zero-order valence-corrected chi connectivity index (χ0v) is 8.52. The van der Waals surface area contributed by atoms with Crippen LogP contribution >= 0.6 is 0 Å². The van der Waals surface area contributed by atoms with Gasteiger partial charge in [-0.1, -0.05) is 6.92 Å². The predicted octanol–water partition coefficient (Wildman–Crippen LogP) is 2.71. The molecule has 0 aromatic heterocycles. The fourth-order valence-corrected chi connectivity index (χ4v) is 1.28. The predicted molar refractivity (Wildman–Crippen MR) is 53.3 cm³/mol. The molecule has 0 aliphatic rings. The molecule has 2 N–H and O–H groups in total. The summed E-state index contributed by atoms with van der Waals surface area (Å²) >= 11 is 0. The number of benzene rings is 1. The Morgan fingerprint density at radius 2 is 1.81 bits per heavy atom. The van der Waals surface area contributed by atoms with E-state index in [0.717, 1.165) is 0 Å². The summed E-state index contributed by atoms with van der Waals surface area (Å²) in [6.07, 6.45) is 0.249. The van der Waals surface area contributed by atoms with Crippen LogP contribution in [0.3, 0.4) is 0 Å². The van der Waals surface area contributed by atoms with Crippen LogP contribution in [0.5, 0.6) is 0 Å². The fraction of sp³-hybridized carbons (Fsp3) is 0.182. The van der Waals surface area contributed by atoms with Crippen molar-refractivity contribution in [2.75, 3.05) is 0 Å². The first-order valence-electron chi connectivity index (χ1n) is 4.54. The van der Waals surface area contributed by atoms with Crippen LogP contribution < -0.4 is 5.73 Å². The summed E-state index contributed by atoms with van der Waals surface area (Å²) < 4.78 is 39.2. The summed E-state index contributed by atoms with van der Waals surface area (Å²) in [5.74, 6) is -3.26. The summed E-state index contributed by atoms with van der Waals surface area (Å²) in [6.45, 7) is 1.63. The molecule has 0 saturated carbocycles. The zero-order chi connectivity index (χ0) is 12.3. The van der Waals surface area contributed by atoms with Crippen LogP contribution in [0, 0.1) is 28.8 Å². The van der Waals surface area contributed by atoms with Gasteiger partial charge in [0.25, 0.3) is 0 Å². The lowest BCUT2D eigenvalue weighted by atomic mass is 10.0. The Balaban J connectivity index is 3.46. The smallest absolute Gasteiger partial charge is 0.138 e. The average Bonchev–Trinajstić information content (AvgIpc) is 2.17. The molecule has 2 nitrogen and oxygen atoms in total. The quantitative estimate of drug-likeness (QED) is 0.788. The normalized spacial score (nSPS) is 11.9. The van der Waals surface area contributed by atoms with Crippen molar-refractivity contribution in [3.05, 3.63) is 40.7 Å². The number of allylic oxidation sites excluding steroid dienone is 1. The maximum atomic E-state index is 13.3. The lowest BCUT2D eigenvalue weighted by Gasteiger charge is -2.07. The Morgan fingerprint density at radius 1 is 1.31 bits per heavy atom. The Bertz CT molecular complexity index is 463. The highest BCUT2D eigenvalue weighted by Gasteiger charge is 2.16. The molecule has 0 amide bonds. The van der Waals surface area contributed by atoms with Gasteiger partial charge in [0.1, 0.15) is 17.5 Å². The molecule has 0 heterocycles. The molecule has 16 heavy (non-hydrogen) atoms. The van der Waals surface area contributed by atoms with E-state index in [0.29, 0.717) is 12.1 Å². The molecule has 1 aromatic carbocycles. The molecule has 0 atom stereocenters. The van der Waals surface area contributed by atoms with Gasteiger partial charge in [-0.15, -0.1) is 0 Å². The minimum atomic E-state index is -1.11. The number of nitrogens with two attached hydrogens (primary N) is 1. The third-order valence-electron chi connectivity index (χ3n) is 2.09. The Hall–Kier alpha value is -1.96. The van der Waals surface area contributed by atoms with Crippen molar-refractivity contribution < 1.29 is 13.2 Å². The molecule has 1 aromatic rings. The third-order valence-corrected chi connectivity index (χ3v) is 2.09. The van der Waals surface area contributed by atoms with Crippen LogP contribution in [-0.4, -0.2) is 0 Å². The number of nitriles is 1. The van der Waals surface area contributed by atoms with Crippen LogP contribution in [0.15, 0.2) is 17.7 Å². The van der Waals surface area contributed by atoms with Crippen molar-refractivity contribution in [3.8, 4) is 6.07 Å². The van der Waals surface area contributed by atoms with E-state index < -0.39 is 23.0 Å². The number of hydrogen-bond acceptors (Lipinski definition) is 2. The zero-order valence-electron chi connectivity index (χ0n) is 8.52. The summed E-state index contributed by atoms with van der Waals surface area (Å²) in [7, 11) is 0. The SMILES string of the molecule is CCC(C#N)=C(N)c1c(F)cc(F)cc1F. The topological polar surface area (TPSA) is 49.8 Å². The summed E-state index contributed by atoms with van der Waals surface area (Å²) in [5, 5.41) is 8.69. The van der Waals surface area contributed by atoms with Gasteiger partial charge in [0.2, 0.25) is 0 Å². The number of nitrogens with zero attached hydrogens (tertiary/aromatic N) is 1. The second kappa shape index (κ2) is 4.71. The maximum Gasteiger partial charge on any atom is 0.138 e. The van der Waals surface area contributed by atoms with Gasteiger partial charge < -0.3 is 5.73 Å². The van der Waals surface area contributed by atoms with Gasteiger partial charge in [-0.05, 0) is 6.42 Å². The number of hydrogen-bond donors (Lipinski definition) is 1. The highest BCUT2D eigenvalue weighted by molar-refractivity contribution is 5.69. The Morgan fingerprint density at radius 3 is 2.19 bits per heavy atom. The molecule has 0 fully saturated rings. The van der Waals surface area contributed by atoms with Crippen LogP contribution in [0.4, 0.5) is 13.2 Å². The molecule has 0 spiro atoms. The van der Waals surface area contributed by atoms with Crippen LogP contribution in [0.25, 0.3) is 5.70 Å². The average molecular weight is 226 g/mol. The monoisotopic (exact) mass is 226 g/mol. The van der Waals surface area contributed by atoms with Gasteiger partial charge in [0.05, 0.1) is 22.9 Å². The molecule has 0 bridgehead atoms. The molecular weight excluding hydrogens is 217 g/mol. The van der Waals surface area contributed by atoms with E-state index in [2.05, 4.69) is 0 Å². The minimum Gasteiger partial charge on any atom is -0.397 e. The van der Waals surface area contributed by atoms with E-state index in [4.69, 9.17) is 11.0 Å². The van der Waals surface area contributed by atoms with Gasteiger partial charge in [-0.25, -0.2) is 13.2 Å². The first-order valence-corrected chi connectivity index (χ1v) is 4.54. The molecule has 84 valence electrons. The van der Waals surface area contributed by atoms with Crippen LogP contribution in [-0.2, 0) is 0 Å². The van der Waals surface area contributed by atoms with Gasteiger partial charge >= 0.3 is 0 Å². The second-order valence-corrected chi connectivity index (χ2v) is 3.10. The molecular formula is C11H9F3N2. The van der Waals surface area contributed by atoms with Crippen molar-refractivity contribution in [2.24, 2.45) is 5.73 Å². The van der Waals surface area contributed by atoms with Gasteiger partial charge in [0.15, 0.2) is 0 Å². The Kier molecular flexibility index (Phi) is 3.56. The van der Waals surface area contributed by atoms with Gasteiger partial charge in [0, 0.05) is 12.1 Å². The van der Waals surface area contributed by atoms with E-state index in [1.807, 2.05) is 0 Å². The third kappa shape index (κ3) is 2.16. The first-order chi connectivity index (χ1) is 7.51. The lowest BCUT2D eigenvalue weighted by molar-refractivity contribution is 0.538. The minimum absolute atomic E-state index is 0.0596. The van der Waals surface area contributed by atoms with Gasteiger partial charge in [-0.3, -0.25) is 0 Å². The lowest BCUT2D eigenvalue weighted by Crippen LogP contribution is -2.06. The van der Waals surface area contributed by atoms with E-state index in [9.17, 15) is 13.2 Å². The van der Waals surface area contributed by atoms with E-state index in [-0.39, 0.29) is 17.7 Å². The van der Waals surface area contributed by atoms with Crippen molar-refractivity contribution in [3.63, 3.8) is 0 Å². The maximum absolute atomic E-state index is 13.3. The molecule has 0 saturated heterocycles. The van der Waals surface area contributed by atoms with Crippen LogP contribution in [0.1, 0.15) is 18.9 Å². The summed E-state index contributed by atoms with van der Waals surface area (Å²) in [4.78, 5) is 0. The second-order valence-electron chi connectivity index (χ2n) is 3.10. The van der Waals surface area contributed by atoms with Crippen molar-refractivity contribution >= 4 is 5.70 Å². The van der Waals surface area contributed by atoms with Crippen molar-refractivity contribution in [2.45, 2.75) is 13.3 Å². The van der Waals surface area contributed by atoms with E-state index in [1.165, 1.54) is 0 Å². The fourth-order valence-electron chi connectivity index (χ4n) is 1.28. The molecule has 5 heteroatoms. The number of halogens is 3. The summed E-state index contributed by atoms with van der Waals surface area (Å²) in [6, 6.07) is 2.79. The van der Waals surface area contributed by atoms with E-state index >= 15 is 0 Å². The van der Waals surface area contributed by atoms with Crippen LogP contribution in [0.2, 0.25) is 0 Å². The highest BCUT2D eigenvalue weighted by Crippen LogP contribution is 2.23. The standard InChI is InChI=1S/C11H9F3N2/c1-2-6(5-15)11(16)10-8(13)3-7(12)4-9(10)14/h3-4H,2,16H2,1H3.